The highest BCUT2D eigenvalue weighted by atomic mass is 16.2. The molecule has 2 amide bonds. The molecule has 8 nitrogen and oxygen atoms in total. The lowest BCUT2D eigenvalue weighted by Crippen LogP contribution is -2.39. The van der Waals surface area contributed by atoms with Gasteiger partial charge in [0, 0.05) is 59.8 Å². The molecule has 1 aliphatic carbocycles. The Morgan fingerprint density at radius 3 is 1.32 bits per heavy atom. The highest BCUT2D eigenvalue weighted by Crippen LogP contribution is 2.37. The van der Waals surface area contributed by atoms with E-state index < -0.39 is 0 Å². The summed E-state index contributed by atoms with van der Waals surface area (Å²) in [5, 5.41) is 12.5. The Kier molecular flexibility index (Phi) is 9.03. The second-order valence-corrected chi connectivity index (χ2v) is 12.1. The molecule has 0 saturated heterocycles. The van der Waals surface area contributed by atoms with Crippen LogP contribution in [0.2, 0.25) is 0 Å². The van der Waals surface area contributed by atoms with E-state index in [-0.39, 0.29) is 34.2 Å². The van der Waals surface area contributed by atoms with Gasteiger partial charge in [0.05, 0.1) is 11.1 Å². The zero-order valence-electron chi connectivity index (χ0n) is 24.3. The second-order valence-electron chi connectivity index (χ2n) is 12.1. The number of nitrogens with one attached hydrogen (secondary N) is 4. The number of ketones is 2. The number of carbonyl (C=O) groups excluding carboxylic acids is 4. The maximum Gasteiger partial charge on any atom is 0.246 e. The molecule has 0 bridgehead atoms. The summed E-state index contributed by atoms with van der Waals surface area (Å²) >= 11 is 0. The van der Waals surface area contributed by atoms with Gasteiger partial charge in [-0.05, 0) is 36.8 Å². The third kappa shape index (κ3) is 7.05. The average molecular weight is 545 g/mol. The topological polar surface area (TPSA) is 116 Å². The minimum atomic E-state index is -0.354. The van der Waals surface area contributed by atoms with Crippen LogP contribution in [0.15, 0.2) is 60.7 Å². The number of fused-ring (bicyclic) bond motifs is 2. The summed E-state index contributed by atoms with van der Waals surface area (Å²) in [6.45, 7) is 20.3. The Labute approximate surface area is 236 Å². The molecule has 40 heavy (non-hydrogen) atoms. The molecule has 0 aromatic heterocycles. The van der Waals surface area contributed by atoms with Gasteiger partial charge in [-0.25, -0.2) is 0 Å². The summed E-state index contributed by atoms with van der Waals surface area (Å²) in [6, 6.07) is 10.5. The summed E-state index contributed by atoms with van der Waals surface area (Å²) in [6.07, 6.45) is 0. The Bertz CT molecular complexity index is 1280. The van der Waals surface area contributed by atoms with Crippen molar-refractivity contribution in [2.24, 2.45) is 10.8 Å². The Balaban J connectivity index is 1.90. The molecule has 212 valence electrons. The number of hydrogen-bond acceptors (Lipinski definition) is 6. The minimum Gasteiger partial charge on any atom is -0.384 e. The standard InChI is InChI=1S/C32H40N4O4/c1-19(2)29(39)35-17-31(5,6)15-33-23-13-14-24(34-16-32(7,8)18-36-30(40)20(3)4)26-25(23)27(37)21-11-9-10-12-22(21)28(26)38/h9-14,33-34H,1,3,15-18H2,2,4-8H3,(H,35,39)(H,36,40). The van der Waals surface area contributed by atoms with E-state index in [2.05, 4.69) is 34.4 Å². The normalized spacial score (nSPS) is 12.7. The molecule has 0 atom stereocenters. The summed E-state index contributed by atoms with van der Waals surface area (Å²) < 4.78 is 0. The third-order valence-electron chi connectivity index (χ3n) is 6.82. The third-order valence-corrected chi connectivity index (χ3v) is 6.82. The zero-order chi connectivity index (χ0) is 29.8. The molecule has 1 aliphatic rings. The first-order valence-corrected chi connectivity index (χ1v) is 13.3. The Hall–Kier alpha value is -4.20. The number of benzene rings is 2. The molecular formula is C32H40N4O4. The summed E-state index contributed by atoms with van der Waals surface area (Å²) in [4.78, 5) is 51.4. The lowest BCUT2D eigenvalue weighted by molar-refractivity contribution is -0.118. The van der Waals surface area contributed by atoms with Gasteiger partial charge in [-0.2, -0.15) is 0 Å². The summed E-state index contributed by atoms with van der Waals surface area (Å²) in [5.74, 6) is -0.865. The van der Waals surface area contributed by atoms with E-state index >= 15 is 0 Å². The lowest BCUT2D eigenvalue weighted by atomic mass is 9.81. The molecule has 3 rings (SSSR count). The fourth-order valence-corrected chi connectivity index (χ4v) is 4.25. The summed E-state index contributed by atoms with van der Waals surface area (Å²) in [7, 11) is 0. The molecule has 0 fully saturated rings. The summed E-state index contributed by atoms with van der Waals surface area (Å²) in [5.41, 5.74) is 2.66. The molecule has 0 radical (unpaired) electrons. The molecular weight excluding hydrogens is 504 g/mol. The largest absolute Gasteiger partial charge is 0.384 e. The van der Waals surface area contributed by atoms with E-state index in [0.717, 1.165) is 0 Å². The zero-order valence-corrected chi connectivity index (χ0v) is 24.3. The van der Waals surface area contributed by atoms with Gasteiger partial charge in [0.2, 0.25) is 11.8 Å². The Morgan fingerprint density at radius 1 is 0.650 bits per heavy atom. The van der Waals surface area contributed by atoms with Crippen LogP contribution in [-0.2, 0) is 9.59 Å². The van der Waals surface area contributed by atoms with Gasteiger partial charge >= 0.3 is 0 Å². The van der Waals surface area contributed by atoms with Crippen molar-refractivity contribution in [1.29, 1.82) is 0 Å². The highest BCUT2D eigenvalue weighted by Gasteiger charge is 2.34. The maximum absolute atomic E-state index is 13.7. The smallest absolute Gasteiger partial charge is 0.246 e. The van der Waals surface area contributed by atoms with Crippen LogP contribution in [-0.4, -0.2) is 49.6 Å². The van der Waals surface area contributed by atoms with Gasteiger partial charge in [-0.15, -0.1) is 0 Å². The van der Waals surface area contributed by atoms with Crippen molar-refractivity contribution in [3.05, 3.63) is 83.0 Å². The number of carbonyl (C=O) groups is 4. The first kappa shape index (κ1) is 30.3. The maximum atomic E-state index is 13.7. The Morgan fingerprint density at radius 2 is 1.00 bits per heavy atom. The number of anilines is 2. The molecule has 4 N–H and O–H groups in total. The molecule has 2 aromatic rings. The van der Waals surface area contributed by atoms with Gasteiger partial charge in [0.15, 0.2) is 11.6 Å². The fourth-order valence-electron chi connectivity index (χ4n) is 4.25. The predicted octanol–water partition coefficient (Wildman–Crippen LogP) is 4.72. The van der Waals surface area contributed by atoms with Crippen LogP contribution in [0.1, 0.15) is 73.4 Å². The van der Waals surface area contributed by atoms with E-state index in [9.17, 15) is 19.2 Å². The van der Waals surface area contributed by atoms with Gasteiger partial charge in [-0.3, -0.25) is 19.2 Å². The molecule has 0 saturated carbocycles. The van der Waals surface area contributed by atoms with E-state index in [4.69, 9.17) is 0 Å². The van der Waals surface area contributed by atoms with Crippen LogP contribution >= 0.6 is 0 Å². The van der Waals surface area contributed by atoms with Crippen molar-refractivity contribution < 1.29 is 19.2 Å². The van der Waals surface area contributed by atoms with Crippen molar-refractivity contribution >= 4 is 34.8 Å². The van der Waals surface area contributed by atoms with Crippen LogP contribution in [0, 0.1) is 10.8 Å². The second kappa shape index (κ2) is 11.9. The van der Waals surface area contributed by atoms with Crippen molar-refractivity contribution in [2.45, 2.75) is 41.5 Å². The number of rotatable bonds is 12. The van der Waals surface area contributed by atoms with Crippen LogP contribution in [0.25, 0.3) is 0 Å². The SMILES string of the molecule is C=C(C)C(=O)NCC(C)(C)CNc1ccc(NCC(C)(C)CNC(=O)C(=C)C)c2c1C(=O)c1ccccc1C2=O. The molecule has 0 aliphatic heterocycles. The minimum absolute atomic E-state index is 0.208. The molecule has 2 aromatic carbocycles. The van der Waals surface area contributed by atoms with Gasteiger partial charge in [0.1, 0.15) is 0 Å². The van der Waals surface area contributed by atoms with E-state index in [1.54, 1.807) is 50.2 Å². The molecule has 0 spiro atoms. The van der Waals surface area contributed by atoms with Crippen molar-refractivity contribution in [1.82, 2.24) is 10.6 Å². The van der Waals surface area contributed by atoms with Gasteiger partial charge in [0.25, 0.3) is 0 Å². The van der Waals surface area contributed by atoms with Crippen LogP contribution in [0.5, 0.6) is 0 Å². The van der Waals surface area contributed by atoms with Crippen LogP contribution < -0.4 is 21.3 Å². The molecule has 8 heteroatoms. The monoisotopic (exact) mass is 544 g/mol. The fraction of sp³-hybridized carbons (Fsp3) is 0.375. The predicted molar refractivity (Wildman–Crippen MR) is 160 cm³/mol. The van der Waals surface area contributed by atoms with Crippen molar-refractivity contribution in [3.8, 4) is 0 Å². The quantitative estimate of drug-likeness (QED) is 0.245. The number of amides is 2. The first-order chi connectivity index (χ1) is 18.6. The first-order valence-electron chi connectivity index (χ1n) is 13.3. The van der Waals surface area contributed by atoms with Crippen LogP contribution in [0.3, 0.4) is 0 Å². The van der Waals surface area contributed by atoms with Gasteiger partial charge < -0.3 is 21.3 Å². The van der Waals surface area contributed by atoms with Crippen LogP contribution in [0.4, 0.5) is 11.4 Å². The molecule has 0 unspecified atom stereocenters. The number of hydrogen-bond donors (Lipinski definition) is 4. The van der Waals surface area contributed by atoms with E-state index in [1.807, 2.05) is 27.7 Å². The van der Waals surface area contributed by atoms with Crippen molar-refractivity contribution in [2.75, 3.05) is 36.8 Å². The van der Waals surface area contributed by atoms with E-state index in [1.165, 1.54) is 0 Å². The van der Waals surface area contributed by atoms with E-state index in [0.29, 0.717) is 71.0 Å². The molecule has 0 heterocycles. The average Bonchev–Trinajstić information content (AvgIpc) is 2.90. The van der Waals surface area contributed by atoms with Crippen molar-refractivity contribution in [3.63, 3.8) is 0 Å². The lowest BCUT2D eigenvalue weighted by Gasteiger charge is -2.30. The van der Waals surface area contributed by atoms with Gasteiger partial charge in [-0.1, -0.05) is 65.1 Å². The highest BCUT2D eigenvalue weighted by molar-refractivity contribution is 6.31.